The number of anilines is 1. The highest BCUT2D eigenvalue weighted by Crippen LogP contribution is 2.43. The molecule has 2 amide bonds. The van der Waals surface area contributed by atoms with Gasteiger partial charge in [-0.2, -0.15) is 5.26 Å². The van der Waals surface area contributed by atoms with Gasteiger partial charge in [0.15, 0.2) is 0 Å². The molecule has 0 bridgehead atoms. The second-order valence-corrected chi connectivity index (χ2v) is 11.2. The van der Waals surface area contributed by atoms with Crippen molar-refractivity contribution in [2.45, 2.75) is 57.6 Å². The number of fused-ring (bicyclic) bond motifs is 1. The van der Waals surface area contributed by atoms with Crippen LogP contribution in [0.3, 0.4) is 0 Å². The molecule has 42 heavy (non-hydrogen) atoms. The number of amides is 2. The molecular weight excluding hydrogens is 528 g/mol. The van der Waals surface area contributed by atoms with Crippen molar-refractivity contribution >= 4 is 28.8 Å². The Morgan fingerprint density at radius 2 is 1.76 bits per heavy atom. The van der Waals surface area contributed by atoms with E-state index in [2.05, 4.69) is 21.3 Å². The van der Waals surface area contributed by atoms with Crippen LogP contribution in [0.15, 0.2) is 72.8 Å². The zero-order chi connectivity index (χ0) is 29.1. The highest BCUT2D eigenvalue weighted by atomic mass is 16.6. The van der Waals surface area contributed by atoms with Crippen molar-refractivity contribution in [2.75, 3.05) is 11.9 Å². The van der Waals surface area contributed by atoms with Gasteiger partial charge in [0.05, 0.1) is 16.8 Å². The van der Waals surface area contributed by atoms with Crippen LogP contribution in [0.25, 0.3) is 22.2 Å². The zero-order valence-corrected chi connectivity index (χ0v) is 23.6. The van der Waals surface area contributed by atoms with Gasteiger partial charge in [-0.15, -0.1) is 0 Å². The molecule has 2 N–H and O–H groups in total. The molecule has 2 saturated carbocycles. The van der Waals surface area contributed by atoms with Crippen molar-refractivity contribution in [3.8, 4) is 23.1 Å². The molecule has 8 nitrogen and oxygen atoms in total. The number of hydrogen-bond donors (Lipinski definition) is 2. The number of nitrogens with zero attached hydrogens (tertiary/aromatic N) is 2. The standard InChI is InChI=1S/C34H34N4O4/c1-22(24-10-11-24)41-34(40)37-26-14-12-25(13-15-26)32-30(21-35)29-17-16-28(20-31(29)38(32)27-8-5-9-27)42-33(39)36-19-18-23-6-3-2-4-7-23/h2-4,6-7,12-17,20,22,24,27H,5,8-11,18-19H2,1H3,(H,36,39)(H,37,40)/t22-/m1/s1. The van der Waals surface area contributed by atoms with Gasteiger partial charge in [-0.3, -0.25) is 5.32 Å². The van der Waals surface area contributed by atoms with E-state index in [1.165, 1.54) is 0 Å². The van der Waals surface area contributed by atoms with Gasteiger partial charge in [-0.05, 0) is 86.8 Å². The minimum absolute atomic E-state index is 0.0881. The number of rotatable bonds is 9. The number of hydrogen-bond acceptors (Lipinski definition) is 5. The van der Waals surface area contributed by atoms with Gasteiger partial charge in [-0.1, -0.05) is 42.5 Å². The summed E-state index contributed by atoms with van der Waals surface area (Å²) in [6.45, 7) is 2.40. The fourth-order valence-electron chi connectivity index (χ4n) is 5.56. The summed E-state index contributed by atoms with van der Waals surface area (Å²) in [6.07, 6.45) is 5.01. The predicted octanol–water partition coefficient (Wildman–Crippen LogP) is 7.58. The lowest BCUT2D eigenvalue weighted by atomic mass is 9.92. The first kappa shape index (κ1) is 27.4. The smallest absolute Gasteiger partial charge is 0.412 e. The normalized spacial score (nSPS) is 15.3. The minimum atomic E-state index is -0.513. The summed E-state index contributed by atoms with van der Waals surface area (Å²) in [6, 6.07) is 25.6. The van der Waals surface area contributed by atoms with Crippen LogP contribution in [0.1, 0.15) is 56.2 Å². The van der Waals surface area contributed by atoms with Crippen molar-refractivity contribution in [3.05, 3.63) is 83.9 Å². The summed E-state index contributed by atoms with van der Waals surface area (Å²) in [5.74, 6) is 0.892. The highest BCUT2D eigenvalue weighted by Gasteiger charge is 2.31. The van der Waals surface area contributed by atoms with Gasteiger partial charge in [-0.25, -0.2) is 9.59 Å². The molecule has 0 unspecified atom stereocenters. The molecular formula is C34H34N4O4. The average molecular weight is 563 g/mol. The highest BCUT2D eigenvalue weighted by molar-refractivity contribution is 5.96. The largest absolute Gasteiger partial charge is 0.446 e. The van der Waals surface area contributed by atoms with E-state index in [1.807, 2.05) is 73.7 Å². The van der Waals surface area contributed by atoms with Crippen LogP contribution in [0.2, 0.25) is 0 Å². The van der Waals surface area contributed by atoms with Gasteiger partial charge in [0.1, 0.15) is 17.9 Å². The second-order valence-electron chi connectivity index (χ2n) is 11.2. The summed E-state index contributed by atoms with van der Waals surface area (Å²) in [5, 5.41) is 16.7. The van der Waals surface area contributed by atoms with Gasteiger partial charge in [0.2, 0.25) is 0 Å². The third-order valence-electron chi connectivity index (χ3n) is 8.25. The van der Waals surface area contributed by atoms with E-state index in [-0.39, 0.29) is 12.1 Å². The van der Waals surface area contributed by atoms with E-state index in [9.17, 15) is 14.9 Å². The molecule has 2 aliphatic rings. The van der Waals surface area contributed by atoms with Crippen LogP contribution in [0.4, 0.5) is 15.3 Å². The van der Waals surface area contributed by atoms with Crippen LogP contribution in [0.5, 0.6) is 5.75 Å². The predicted molar refractivity (Wildman–Crippen MR) is 161 cm³/mol. The molecule has 0 saturated heterocycles. The monoisotopic (exact) mass is 562 g/mol. The molecule has 2 aliphatic carbocycles. The fourth-order valence-corrected chi connectivity index (χ4v) is 5.56. The number of ether oxygens (including phenoxy) is 2. The molecule has 3 aromatic carbocycles. The molecule has 6 rings (SSSR count). The van der Waals surface area contributed by atoms with E-state index in [4.69, 9.17) is 9.47 Å². The Bertz CT molecular complexity index is 1630. The van der Waals surface area contributed by atoms with Gasteiger partial charge in [0.25, 0.3) is 0 Å². The molecule has 1 atom stereocenters. The van der Waals surface area contributed by atoms with Crippen LogP contribution in [-0.4, -0.2) is 29.4 Å². The van der Waals surface area contributed by atoms with E-state index < -0.39 is 12.2 Å². The molecule has 0 radical (unpaired) electrons. The maximum Gasteiger partial charge on any atom is 0.412 e. The van der Waals surface area contributed by atoms with Crippen LogP contribution in [0, 0.1) is 17.2 Å². The number of nitrogens with one attached hydrogen (secondary N) is 2. The van der Waals surface area contributed by atoms with Crippen molar-refractivity contribution in [2.24, 2.45) is 5.92 Å². The first-order chi connectivity index (χ1) is 20.5. The zero-order valence-electron chi connectivity index (χ0n) is 23.6. The lowest BCUT2D eigenvalue weighted by Crippen LogP contribution is -2.28. The minimum Gasteiger partial charge on any atom is -0.446 e. The Kier molecular flexibility index (Phi) is 7.83. The first-order valence-corrected chi connectivity index (χ1v) is 14.7. The van der Waals surface area contributed by atoms with E-state index >= 15 is 0 Å². The third-order valence-corrected chi connectivity index (χ3v) is 8.25. The SMILES string of the molecule is C[C@@H](OC(=O)Nc1ccc(-c2c(C#N)c3ccc(OC(=O)NCCc4ccccc4)cc3n2C2CCC2)cc1)C1CC1. The second kappa shape index (κ2) is 12.0. The lowest BCUT2D eigenvalue weighted by Gasteiger charge is -2.30. The topological polar surface area (TPSA) is 105 Å². The Balaban J connectivity index is 1.22. The molecule has 0 aliphatic heterocycles. The molecule has 214 valence electrons. The summed E-state index contributed by atoms with van der Waals surface area (Å²) in [7, 11) is 0. The molecule has 8 heteroatoms. The Labute approximate surface area is 245 Å². The summed E-state index contributed by atoms with van der Waals surface area (Å²) in [4.78, 5) is 24.9. The molecule has 4 aromatic rings. The van der Waals surface area contributed by atoms with Gasteiger partial charge < -0.3 is 19.4 Å². The molecule has 1 aromatic heterocycles. The summed E-state index contributed by atoms with van der Waals surface area (Å²) >= 11 is 0. The Hall–Kier alpha value is -4.77. The average Bonchev–Trinajstić information content (AvgIpc) is 3.77. The molecule has 0 spiro atoms. The van der Waals surface area contributed by atoms with E-state index in [1.54, 1.807) is 6.07 Å². The number of nitriles is 1. The third kappa shape index (κ3) is 5.96. The van der Waals surface area contributed by atoms with Gasteiger partial charge >= 0.3 is 12.2 Å². The molecule has 2 fully saturated rings. The number of aromatic nitrogens is 1. The lowest BCUT2D eigenvalue weighted by molar-refractivity contribution is 0.108. The maximum absolute atomic E-state index is 12.5. The number of benzene rings is 3. The number of carbonyl (C=O) groups excluding carboxylic acids is 2. The quantitative estimate of drug-likeness (QED) is 0.219. The first-order valence-electron chi connectivity index (χ1n) is 14.7. The van der Waals surface area contributed by atoms with Crippen LogP contribution >= 0.6 is 0 Å². The number of carbonyl (C=O) groups is 2. The van der Waals surface area contributed by atoms with E-state index in [0.717, 1.165) is 59.8 Å². The van der Waals surface area contributed by atoms with Crippen molar-refractivity contribution < 1.29 is 19.1 Å². The Morgan fingerprint density at radius 3 is 2.43 bits per heavy atom. The fraction of sp³-hybridized carbons (Fsp3) is 0.324. The van der Waals surface area contributed by atoms with Crippen LogP contribution in [-0.2, 0) is 11.2 Å². The maximum atomic E-state index is 12.5. The van der Waals surface area contributed by atoms with Gasteiger partial charge in [0, 0.05) is 29.7 Å². The van der Waals surface area contributed by atoms with Crippen molar-refractivity contribution in [1.82, 2.24) is 9.88 Å². The van der Waals surface area contributed by atoms with Crippen LogP contribution < -0.4 is 15.4 Å². The van der Waals surface area contributed by atoms with Crippen molar-refractivity contribution in [3.63, 3.8) is 0 Å². The van der Waals surface area contributed by atoms with Crippen molar-refractivity contribution in [1.29, 1.82) is 5.26 Å². The Morgan fingerprint density at radius 1 is 1.00 bits per heavy atom. The summed E-state index contributed by atoms with van der Waals surface area (Å²) < 4.78 is 13.3. The summed E-state index contributed by atoms with van der Waals surface area (Å²) in [5.41, 5.74) is 4.92. The van der Waals surface area contributed by atoms with E-state index in [0.29, 0.717) is 35.9 Å². The molecule has 1 heterocycles.